The van der Waals surface area contributed by atoms with Gasteiger partial charge in [-0.05, 0) is 44.5 Å². The highest BCUT2D eigenvalue weighted by Gasteiger charge is 2.23. The van der Waals surface area contributed by atoms with Crippen molar-refractivity contribution in [2.45, 2.75) is 32.4 Å². The van der Waals surface area contributed by atoms with Gasteiger partial charge in [-0.15, -0.1) is 0 Å². The van der Waals surface area contributed by atoms with Crippen LogP contribution in [0.25, 0.3) is 6.08 Å². The first-order chi connectivity index (χ1) is 17.1. The number of piperidine rings is 1. The normalized spacial score (nSPS) is 15.6. The highest BCUT2D eigenvalue weighted by atomic mass is 16.5. The van der Waals surface area contributed by atoms with Crippen LogP contribution in [0.2, 0.25) is 0 Å². The van der Waals surface area contributed by atoms with E-state index >= 15 is 0 Å². The fourth-order valence-corrected chi connectivity index (χ4v) is 4.55. The summed E-state index contributed by atoms with van der Waals surface area (Å²) in [7, 11) is 2.04. The second kappa shape index (κ2) is 12.5. The number of nitrogens with zero attached hydrogens (tertiary/aromatic N) is 5. The topological polar surface area (TPSA) is 55.5 Å². The van der Waals surface area contributed by atoms with Crippen molar-refractivity contribution in [2.75, 3.05) is 46.4 Å². The van der Waals surface area contributed by atoms with Crippen molar-refractivity contribution in [3.63, 3.8) is 0 Å². The van der Waals surface area contributed by atoms with Crippen LogP contribution >= 0.6 is 0 Å². The molecule has 4 rings (SSSR count). The Hall–Kier alpha value is -3.16. The molecule has 1 aliphatic heterocycles. The van der Waals surface area contributed by atoms with Gasteiger partial charge in [-0.25, -0.2) is 9.48 Å². The monoisotopic (exact) mass is 475 g/mol. The van der Waals surface area contributed by atoms with Crippen molar-refractivity contribution in [3.05, 3.63) is 88.6 Å². The van der Waals surface area contributed by atoms with Gasteiger partial charge in [0.2, 0.25) is 0 Å². The lowest BCUT2D eigenvalue weighted by atomic mass is 10.0. The summed E-state index contributed by atoms with van der Waals surface area (Å²) in [6, 6.07) is 20.5. The SMILES string of the molecule is CC(=Cc1ccccc1)CN1CCC(n2cnn(CCN(C)CCOc3ccccc3)c2=O)CC1. The van der Waals surface area contributed by atoms with Crippen LogP contribution in [-0.4, -0.2) is 70.5 Å². The first-order valence-electron chi connectivity index (χ1n) is 12.5. The molecule has 1 aliphatic rings. The number of likely N-dealkylation sites (tertiary alicyclic amines) is 1. The maximum Gasteiger partial charge on any atom is 0.346 e. The van der Waals surface area contributed by atoms with E-state index < -0.39 is 0 Å². The minimum absolute atomic E-state index is 0.00228. The molecule has 0 bridgehead atoms. The Bertz CT molecular complexity index is 1120. The third-order valence-electron chi connectivity index (χ3n) is 6.57. The van der Waals surface area contributed by atoms with E-state index in [2.05, 4.69) is 52.2 Å². The van der Waals surface area contributed by atoms with Gasteiger partial charge in [-0.3, -0.25) is 9.47 Å². The van der Waals surface area contributed by atoms with E-state index in [4.69, 9.17) is 4.74 Å². The molecule has 7 nitrogen and oxygen atoms in total. The van der Waals surface area contributed by atoms with Gasteiger partial charge in [0.25, 0.3) is 0 Å². The highest BCUT2D eigenvalue weighted by Crippen LogP contribution is 2.21. The number of benzene rings is 2. The zero-order chi connectivity index (χ0) is 24.5. The predicted molar refractivity (Wildman–Crippen MR) is 141 cm³/mol. The van der Waals surface area contributed by atoms with E-state index in [9.17, 15) is 4.79 Å². The maximum atomic E-state index is 12.9. The number of para-hydroxylation sites is 1. The molecule has 0 atom stereocenters. The van der Waals surface area contributed by atoms with Gasteiger partial charge >= 0.3 is 5.69 Å². The lowest BCUT2D eigenvalue weighted by Crippen LogP contribution is -2.39. The Kier molecular flexibility index (Phi) is 8.92. The molecule has 2 heterocycles. The Labute approximate surface area is 208 Å². The molecule has 7 heteroatoms. The fourth-order valence-electron chi connectivity index (χ4n) is 4.55. The summed E-state index contributed by atoms with van der Waals surface area (Å²) >= 11 is 0. The van der Waals surface area contributed by atoms with Gasteiger partial charge in [0.1, 0.15) is 18.7 Å². The first kappa shape index (κ1) is 24.9. The summed E-state index contributed by atoms with van der Waals surface area (Å²) in [5.41, 5.74) is 2.60. The molecular formula is C28H37N5O2. The molecule has 1 aromatic heterocycles. The summed E-state index contributed by atoms with van der Waals surface area (Å²) in [5, 5.41) is 4.39. The van der Waals surface area contributed by atoms with Crippen LogP contribution in [0.3, 0.4) is 0 Å². The number of hydrogen-bond donors (Lipinski definition) is 0. The van der Waals surface area contributed by atoms with Crippen LogP contribution in [0.5, 0.6) is 5.75 Å². The lowest BCUT2D eigenvalue weighted by molar-refractivity contribution is 0.196. The molecule has 0 saturated carbocycles. The molecule has 3 aromatic rings. The van der Waals surface area contributed by atoms with Gasteiger partial charge in [0.15, 0.2) is 0 Å². The molecule has 35 heavy (non-hydrogen) atoms. The largest absolute Gasteiger partial charge is 0.492 e. The molecule has 186 valence electrons. The lowest BCUT2D eigenvalue weighted by Gasteiger charge is -2.32. The van der Waals surface area contributed by atoms with Gasteiger partial charge in [-0.2, -0.15) is 5.10 Å². The van der Waals surface area contributed by atoms with E-state index in [1.165, 1.54) is 11.1 Å². The maximum absolute atomic E-state index is 12.9. The smallest absolute Gasteiger partial charge is 0.346 e. The van der Waals surface area contributed by atoms with Crippen LogP contribution in [0, 0.1) is 0 Å². The van der Waals surface area contributed by atoms with Crippen molar-refractivity contribution in [2.24, 2.45) is 0 Å². The Morgan fingerprint density at radius 2 is 1.74 bits per heavy atom. The molecular weight excluding hydrogens is 438 g/mol. The van der Waals surface area contributed by atoms with Crippen molar-refractivity contribution in [3.8, 4) is 5.75 Å². The molecule has 0 spiro atoms. The summed E-state index contributed by atoms with van der Waals surface area (Å²) in [5.74, 6) is 0.879. The number of hydrogen-bond acceptors (Lipinski definition) is 5. The molecule has 0 aliphatic carbocycles. The van der Waals surface area contributed by atoms with E-state index in [1.54, 1.807) is 11.0 Å². The third-order valence-corrected chi connectivity index (χ3v) is 6.57. The number of aromatic nitrogens is 3. The summed E-state index contributed by atoms with van der Waals surface area (Å²) in [6.07, 6.45) is 5.93. The van der Waals surface area contributed by atoms with Gasteiger partial charge < -0.3 is 9.64 Å². The van der Waals surface area contributed by atoms with Gasteiger partial charge in [-0.1, -0.05) is 60.2 Å². The van der Waals surface area contributed by atoms with Crippen LogP contribution in [0.4, 0.5) is 0 Å². The molecule has 0 amide bonds. The Balaban J connectivity index is 1.20. The van der Waals surface area contributed by atoms with E-state index in [-0.39, 0.29) is 11.7 Å². The first-order valence-corrected chi connectivity index (χ1v) is 12.5. The summed E-state index contributed by atoms with van der Waals surface area (Å²) in [4.78, 5) is 17.6. The number of ether oxygens (including phenoxy) is 1. The fraction of sp³-hybridized carbons (Fsp3) is 0.429. The second-order valence-electron chi connectivity index (χ2n) is 9.42. The van der Waals surface area contributed by atoms with Crippen LogP contribution in [0.1, 0.15) is 31.4 Å². The van der Waals surface area contributed by atoms with E-state index in [0.29, 0.717) is 13.2 Å². The zero-order valence-corrected chi connectivity index (χ0v) is 20.9. The van der Waals surface area contributed by atoms with Crippen LogP contribution in [-0.2, 0) is 6.54 Å². The second-order valence-corrected chi connectivity index (χ2v) is 9.42. The van der Waals surface area contributed by atoms with E-state index in [0.717, 1.165) is 51.3 Å². The Morgan fingerprint density at radius 3 is 2.46 bits per heavy atom. The average Bonchev–Trinajstić information content (AvgIpc) is 3.24. The molecule has 1 fully saturated rings. The summed E-state index contributed by atoms with van der Waals surface area (Å²) < 4.78 is 9.19. The van der Waals surface area contributed by atoms with Crippen molar-refractivity contribution < 1.29 is 4.74 Å². The minimum atomic E-state index is -0.00228. The van der Waals surface area contributed by atoms with Crippen molar-refractivity contribution in [1.82, 2.24) is 24.1 Å². The quantitative estimate of drug-likeness (QED) is 0.422. The summed E-state index contributed by atoms with van der Waals surface area (Å²) in [6.45, 7) is 7.88. The molecule has 0 unspecified atom stereocenters. The molecule has 0 radical (unpaired) electrons. The average molecular weight is 476 g/mol. The molecule has 1 saturated heterocycles. The van der Waals surface area contributed by atoms with Crippen LogP contribution in [0.15, 0.2) is 77.4 Å². The predicted octanol–water partition coefficient (Wildman–Crippen LogP) is 3.80. The van der Waals surface area contributed by atoms with Crippen LogP contribution < -0.4 is 10.4 Å². The van der Waals surface area contributed by atoms with Crippen molar-refractivity contribution in [1.29, 1.82) is 0 Å². The minimum Gasteiger partial charge on any atom is -0.492 e. The number of rotatable bonds is 11. The van der Waals surface area contributed by atoms with Gasteiger partial charge in [0, 0.05) is 38.8 Å². The standard InChI is InChI=1S/C28H37N5O2/c1-24(21-25-9-5-3-6-10-25)22-31-15-13-26(14-16-31)32-23-29-33(28(32)34)18-17-30(2)19-20-35-27-11-7-4-8-12-27/h3-12,21,23,26H,13-20,22H2,1-2H3. The van der Waals surface area contributed by atoms with Crippen molar-refractivity contribution >= 4 is 6.08 Å². The third kappa shape index (κ3) is 7.41. The Morgan fingerprint density at radius 1 is 1.06 bits per heavy atom. The molecule has 0 N–H and O–H groups in total. The number of likely N-dealkylation sites (N-methyl/N-ethyl adjacent to an activating group) is 1. The molecule has 2 aromatic carbocycles. The zero-order valence-electron chi connectivity index (χ0n) is 20.9. The van der Waals surface area contributed by atoms with E-state index in [1.807, 2.05) is 48.0 Å². The van der Waals surface area contributed by atoms with Gasteiger partial charge in [0.05, 0.1) is 6.54 Å². The highest BCUT2D eigenvalue weighted by molar-refractivity contribution is 5.52.